The maximum Gasteiger partial charge on any atom is 0.233 e. The first-order valence-corrected chi connectivity index (χ1v) is 5.85. The average Bonchev–Trinajstić information content (AvgIpc) is 2.27. The Labute approximate surface area is 104 Å². The summed E-state index contributed by atoms with van der Waals surface area (Å²) >= 11 is 0. The number of rotatable bonds is 3. The monoisotopic (exact) mass is 234 g/mol. The highest BCUT2D eigenvalue weighted by atomic mass is 16.2. The van der Waals surface area contributed by atoms with Crippen LogP contribution >= 0.6 is 0 Å². The summed E-state index contributed by atoms with van der Waals surface area (Å²) in [4.78, 5) is 14.0. The zero-order chi connectivity index (χ0) is 13.2. The molecule has 0 aliphatic rings. The number of amides is 1. The lowest BCUT2D eigenvalue weighted by atomic mass is 9.91. The van der Waals surface area contributed by atoms with Gasteiger partial charge in [0.15, 0.2) is 0 Å². The summed E-state index contributed by atoms with van der Waals surface area (Å²) in [6.07, 6.45) is 0. The first-order valence-electron chi connectivity index (χ1n) is 5.85. The van der Waals surface area contributed by atoms with Crippen molar-refractivity contribution in [2.75, 3.05) is 18.5 Å². The summed E-state index contributed by atoms with van der Waals surface area (Å²) < 4.78 is 0. The SMILES string of the molecule is Cc1ccc(N(C)C(=O)C(C)(C)CN)c(C)c1. The molecule has 0 spiro atoms. The van der Waals surface area contributed by atoms with Gasteiger partial charge in [0.2, 0.25) is 5.91 Å². The van der Waals surface area contributed by atoms with E-state index in [4.69, 9.17) is 5.73 Å². The fourth-order valence-electron chi connectivity index (χ4n) is 1.83. The van der Waals surface area contributed by atoms with E-state index in [1.54, 1.807) is 11.9 Å². The number of hydrogen-bond acceptors (Lipinski definition) is 2. The van der Waals surface area contributed by atoms with Crippen LogP contribution in [0.25, 0.3) is 0 Å². The van der Waals surface area contributed by atoms with E-state index in [9.17, 15) is 4.79 Å². The number of carbonyl (C=O) groups excluding carboxylic acids is 1. The van der Waals surface area contributed by atoms with Crippen LogP contribution in [0.5, 0.6) is 0 Å². The van der Waals surface area contributed by atoms with Crippen molar-refractivity contribution in [3.8, 4) is 0 Å². The van der Waals surface area contributed by atoms with Gasteiger partial charge in [0.25, 0.3) is 0 Å². The third-order valence-corrected chi connectivity index (χ3v) is 3.11. The Morgan fingerprint density at radius 3 is 2.41 bits per heavy atom. The van der Waals surface area contributed by atoms with E-state index in [1.165, 1.54) is 5.56 Å². The maximum absolute atomic E-state index is 12.3. The molecule has 0 aliphatic heterocycles. The average molecular weight is 234 g/mol. The van der Waals surface area contributed by atoms with Gasteiger partial charge < -0.3 is 10.6 Å². The van der Waals surface area contributed by atoms with Crippen LogP contribution in [-0.4, -0.2) is 19.5 Å². The molecule has 3 nitrogen and oxygen atoms in total. The van der Waals surface area contributed by atoms with E-state index in [0.717, 1.165) is 11.3 Å². The second kappa shape index (κ2) is 4.88. The fourth-order valence-corrected chi connectivity index (χ4v) is 1.83. The van der Waals surface area contributed by atoms with Crippen LogP contribution in [0, 0.1) is 19.3 Å². The van der Waals surface area contributed by atoms with Crippen molar-refractivity contribution < 1.29 is 4.79 Å². The Kier molecular flexibility index (Phi) is 3.94. The van der Waals surface area contributed by atoms with Crippen molar-refractivity contribution in [1.29, 1.82) is 0 Å². The van der Waals surface area contributed by atoms with Gasteiger partial charge in [-0.15, -0.1) is 0 Å². The summed E-state index contributed by atoms with van der Waals surface area (Å²) in [5.74, 6) is 0.0481. The van der Waals surface area contributed by atoms with Crippen LogP contribution in [0.3, 0.4) is 0 Å². The summed E-state index contributed by atoms with van der Waals surface area (Å²) in [6, 6.07) is 6.07. The molecule has 0 heterocycles. The number of carbonyl (C=O) groups is 1. The normalized spacial score (nSPS) is 11.4. The van der Waals surface area contributed by atoms with Gasteiger partial charge in [-0.25, -0.2) is 0 Å². The van der Waals surface area contributed by atoms with Gasteiger partial charge in [0.05, 0.1) is 5.41 Å². The molecule has 0 unspecified atom stereocenters. The molecule has 0 saturated carbocycles. The molecular formula is C14H22N2O. The highest BCUT2D eigenvalue weighted by Gasteiger charge is 2.29. The molecule has 17 heavy (non-hydrogen) atoms. The molecule has 94 valence electrons. The van der Waals surface area contributed by atoms with Crippen molar-refractivity contribution in [2.24, 2.45) is 11.1 Å². The van der Waals surface area contributed by atoms with E-state index in [2.05, 4.69) is 6.07 Å². The maximum atomic E-state index is 12.3. The lowest BCUT2D eigenvalue weighted by molar-refractivity contribution is -0.125. The third kappa shape index (κ3) is 2.86. The van der Waals surface area contributed by atoms with Crippen LogP contribution in [-0.2, 0) is 4.79 Å². The fraction of sp³-hybridized carbons (Fsp3) is 0.500. The summed E-state index contributed by atoms with van der Waals surface area (Å²) in [6.45, 7) is 8.15. The highest BCUT2D eigenvalue weighted by molar-refractivity contribution is 5.97. The van der Waals surface area contributed by atoms with Crippen molar-refractivity contribution >= 4 is 11.6 Å². The minimum absolute atomic E-state index is 0.0481. The second-order valence-electron chi connectivity index (χ2n) is 5.24. The molecule has 0 bridgehead atoms. The summed E-state index contributed by atoms with van der Waals surface area (Å²) in [7, 11) is 1.80. The van der Waals surface area contributed by atoms with Crippen LogP contribution in [0.4, 0.5) is 5.69 Å². The number of hydrogen-bond donors (Lipinski definition) is 1. The quantitative estimate of drug-likeness (QED) is 0.872. The predicted molar refractivity (Wildman–Crippen MR) is 72.2 cm³/mol. The van der Waals surface area contributed by atoms with Gasteiger partial charge >= 0.3 is 0 Å². The van der Waals surface area contributed by atoms with E-state index in [-0.39, 0.29) is 5.91 Å². The number of benzene rings is 1. The lowest BCUT2D eigenvalue weighted by Gasteiger charge is -2.29. The van der Waals surface area contributed by atoms with Crippen molar-refractivity contribution in [1.82, 2.24) is 0 Å². The van der Waals surface area contributed by atoms with E-state index >= 15 is 0 Å². The number of aryl methyl sites for hydroxylation is 2. The van der Waals surface area contributed by atoms with Crippen molar-refractivity contribution in [2.45, 2.75) is 27.7 Å². The Hall–Kier alpha value is -1.35. The number of nitrogens with two attached hydrogens (primary N) is 1. The first kappa shape index (κ1) is 13.7. The number of nitrogens with zero attached hydrogens (tertiary/aromatic N) is 1. The molecule has 1 amide bonds. The Morgan fingerprint density at radius 2 is 1.94 bits per heavy atom. The molecule has 0 fully saturated rings. The van der Waals surface area contributed by atoms with E-state index in [1.807, 2.05) is 39.8 Å². The minimum Gasteiger partial charge on any atom is -0.329 e. The Morgan fingerprint density at radius 1 is 1.35 bits per heavy atom. The second-order valence-corrected chi connectivity index (χ2v) is 5.24. The lowest BCUT2D eigenvalue weighted by Crippen LogP contribution is -2.43. The third-order valence-electron chi connectivity index (χ3n) is 3.11. The molecule has 0 atom stereocenters. The van der Waals surface area contributed by atoms with E-state index in [0.29, 0.717) is 6.54 Å². The molecule has 1 aromatic carbocycles. The zero-order valence-corrected chi connectivity index (χ0v) is 11.4. The molecule has 2 N–H and O–H groups in total. The minimum atomic E-state index is -0.522. The molecule has 0 aromatic heterocycles. The van der Waals surface area contributed by atoms with E-state index < -0.39 is 5.41 Å². The van der Waals surface area contributed by atoms with Crippen molar-refractivity contribution in [3.63, 3.8) is 0 Å². The van der Waals surface area contributed by atoms with Crippen LogP contribution < -0.4 is 10.6 Å². The molecular weight excluding hydrogens is 212 g/mol. The van der Waals surface area contributed by atoms with Gasteiger partial charge in [-0.1, -0.05) is 17.7 Å². The molecule has 1 rings (SSSR count). The molecule has 0 saturated heterocycles. The van der Waals surface area contributed by atoms with Crippen molar-refractivity contribution in [3.05, 3.63) is 29.3 Å². The smallest absolute Gasteiger partial charge is 0.233 e. The summed E-state index contributed by atoms with van der Waals surface area (Å²) in [5.41, 5.74) is 8.37. The first-order chi connectivity index (χ1) is 7.79. The van der Waals surface area contributed by atoms with Gasteiger partial charge in [-0.3, -0.25) is 4.79 Å². The topological polar surface area (TPSA) is 46.3 Å². The Balaban J connectivity index is 3.05. The van der Waals surface area contributed by atoms with Gasteiger partial charge in [-0.2, -0.15) is 0 Å². The molecule has 0 radical (unpaired) electrons. The standard InChI is InChI=1S/C14H22N2O/c1-10-6-7-12(11(2)8-10)16(5)13(17)14(3,4)9-15/h6-8H,9,15H2,1-5H3. The highest BCUT2D eigenvalue weighted by Crippen LogP contribution is 2.25. The van der Waals surface area contributed by atoms with Gasteiger partial charge in [-0.05, 0) is 39.3 Å². The van der Waals surface area contributed by atoms with Crippen LogP contribution in [0.2, 0.25) is 0 Å². The zero-order valence-electron chi connectivity index (χ0n) is 11.4. The Bertz CT molecular complexity index is 424. The number of anilines is 1. The van der Waals surface area contributed by atoms with Gasteiger partial charge in [0.1, 0.15) is 0 Å². The molecule has 3 heteroatoms. The summed E-state index contributed by atoms with van der Waals surface area (Å²) in [5, 5.41) is 0. The van der Waals surface area contributed by atoms with Crippen LogP contribution in [0.1, 0.15) is 25.0 Å². The largest absolute Gasteiger partial charge is 0.329 e. The molecule has 1 aromatic rings. The molecule has 0 aliphatic carbocycles. The van der Waals surface area contributed by atoms with Gasteiger partial charge in [0, 0.05) is 19.3 Å². The predicted octanol–water partition coefficient (Wildman–Crippen LogP) is 2.25. The van der Waals surface area contributed by atoms with Crippen LogP contribution in [0.15, 0.2) is 18.2 Å².